The minimum absolute atomic E-state index is 0.0178. The quantitative estimate of drug-likeness (QED) is 0.645. The molecule has 0 bridgehead atoms. The topological polar surface area (TPSA) is 61.7 Å². The number of phenolic OH excluding ortho intramolecular Hbond substituents is 1. The van der Waals surface area contributed by atoms with E-state index in [0.29, 0.717) is 5.56 Å². The molecular weight excluding hydrogens is 189 g/mol. The van der Waals surface area contributed by atoms with E-state index < -0.39 is 11.6 Å². The number of aryl methyl sites for hydroxylation is 1. The summed E-state index contributed by atoms with van der Waals surface area (Å²) >= 11 is 0. The Balaban J connectivity index is 3.25. The summed E-state index contributed by atoms with van der Waals surface area (Å²) in [5, 5.41) is 17.8. The lowest BCUT2D eigenvalue weighted by atomic mass is 10.1. The number of nitrogens with one attached hydrogen (secondary N) is 1. The number of phenols is 1. The number of hydrogen-bond donors (Lipinski definition) is 3. The molecule has 0 unspecified atom stereocenters. The Hall–Kier alpha value is -1.33. The molecule has 0 aromatic heterocycles. The summed E-state index contributed by atoms with van der Waals surface area (Å²) in [6.07, 6.45) is 0. The average Bonchev–Trinajstić information content (AvgIpc) is 2.15. The van der Waals surface area contributed by atoms with E-state index in [1.165, 1.54) is 7.11 Å². The average molecular weight is 201 g/mol. The van der Waals surface area contributed by atoms with Crippen LogP contribution in [0, 0.1) is 12.7 Å². The van der Waals surface area contributed by atoms with Crippen LogP contribution in [0.1, 0.15) is 11.1 Å². The second-order valence-electron chi connectivity index (χ2n) is 2.88. The lowest BCUT2D eigenvalue weighted by molar-refractivity contribution is 0.160. The highest BCUT2D eigenvalue weighted by molar-refractivity contribution is 5.46. The molecular formula is C9H12FNO3. The number of rotatable bonds is 3. The third-order valence-electron chi connectivity index (χ3n) is 1.93. The molecule has 0 aliphatic rings. The van der Waals surface area contributed by atoms with Crippen LogP contribution < -0.4 is 10.2 Å². The Kier molecular flexibility index (Phi) is 3.27. The van der Waals surface area contributed by atoms with Gasteiger partial charge in [-0.25, -0.2) is 5.48 Å². The molecule has 0 radical (unpaired) electrons. The van der Waals surface area contributed by atoms with Crippen molar-refractivity contribution in [1.29, 1.82) is 0 Å². The van der Waals surface area contributed by atoms with Gasteiger partial charge in [0.15, 0.2) is 11.5 Å². The van der Waals surface area contributed by atoms with E-state index in [1.54, 1.807) is 13.0 Å². The number of ether oxygens (including phenoxy) is 1. The molecule has 0 saturated heterocycles. The first-order valence-electron chi connectivity index (χ1n) is 4.03. The molecule has 0 aliphatic heterocycles. The largest absolute Gasteiger partial charge is 0.504 e. The molecule has 0 aliphatic carbocycles. The van der Waals surface area contributed by atoms with Gasteiger partial charge in [-0.2, -0.15) is 4.39 Å². The lowest BCUT2D eigenvalue weighted by Gasteiger charge is -2.11. The van der Waals surface area contributed by atoms with E-state index in [1.807, 2.05) is 5.48 Å². The third-order valence-corrected chi connectivity index (χ3v) is 1.93. The second kappa shape index (κ2) is 4.26. The van der Waals surface area contributed by atoms with Gasteiger partial charge in [-0.1, -0.05) is 0 Å². The van der Waals surface area contributed by atoms with E-state index in [2.05, 4.69) is 0 Å². The summed E-state index contributed by atoms with van der Waals surface area (Å²) in [6.45, 7) is 1.63. The van der Waals surface area contributed by atoms with E-state index in [0.717, 1.165) is 0 Å². The van der Waals surface area contributed by atoms with E-state index in [4.69, 9.17) is 9.94 Å². The molecule has 5 heteroatoms. The van der Waals surface area contributed by atoms with Crippen LogP contribution >= 0.6 is 0 Å². The fourth-order valence-electron chi connectivity index (χ4n) is 1.29. The molecule has 14 heavy (non-hydrogen) atoms. The van der Waals surface area contributed by atoms with Crippen LogP contribution in [0.3, 0.4) is 0 Å². The van der Waals surface area contributed by atoms with Crippen molar-refractivity contribution in [3.8, 4) is 11.5 Å². The molecule has 0 fully saturated rings. The zero-order valence-electron chi connectivity index (χ0n) is 7.97. The van der Waals surface area contributed by atoms with Crippen LogP contribution in [0.5, 0.6) is 11.5 Å². The highest BCUT2D eigenvalue weighted by Crippen LogP contribution is 2.32. The number of benzene rings is 1. The van der Waals surface area contributed by atoms with Crippen LogP contribution in [0.15, 0.2) is 6.07 Å². The first-order valence-corrected chi connectivity index (χ1v) is 4.03. The SMILES string of the molecule is COc1c(C)cc(CNO)c(O)c1F. The minimum atomic E-state index is -0.808. The second-order valence-corrected chi connectivity index (χ2v) is 2.88. The zero-order chi connectivity index (χ0) is 10.7. The molecule has 1 aromatic carbocycles. The van der Waals surface area contributed by atoms with Crippen molar-refractivity contribution >= 4 is 0 Å². The monoisotopic (exact) mass is 201 g/mol. The van der Waals surface area contributed by atoms with Gasteiger partial charge in [0.25, 0.3) is 0 Å². The number of methoxy groups -OCH3 is 1. The Morgan fingerprint density at radius 1 is 1.57 bits per heavy atom. The highest BCUT2D eigenvalue weighted by Gasteiger charge is 2.15. The fraction of sp³-hybridized carbons (Fsp3) is 0.333. The minimum Gasteiger partial charge on any atom is -0.504 e. The molecule has 0 amide bonds. The summed E-state index contributed by atoms with van der Waals surface area (Å²) in [5.41, 5.74) is 2.69. The maximum absolute atomic E-state index is 13.4. The maximum Gasteiger partial charge on any atom is 0.207 e. The molecule has 1 rings (SSSR count). The van der Waals surface area contributed by atoms with Gasteiger partial charge >= 0.3 is 0 Å². The molecule has 0 atom stereocenters. The molecule has 3 N–H and O–H groups in total. The van der Waals surface area contributed by atoms with Gasteiger partial charge in [-0.3, -0.25) is 0 Å². The van der Waals surface area contributed by atoms with E-state index in [9.17, 15) is 9.50 Å². The molecule has 78 valence electrons. The summed E-state index contributed by atoms with van der Waals surface area (Å²) in [5.74, 6) is -1.30. The number of halogens is 1. The first kappa shape index (κ1) is 10.7. The van der Waals surface area contributed by atoms with Gasteiger partial charge in [-0.05, 0) is 18.6 Å². The van der Waals surface area contributed by atoms with E-state index >= 15 is 0 Å². The number of hydroxylamine groups is 1. The smallest absolute Gasteiger partial charge is 0.207 e. The molecule has 1 aromatic rings. The van der Waals surface area contributed by atoms with Crippen molar-refractivity contribution in [2.24, 2.45) is 0 Å². The van der Waals surface area contributed by atoms with Gasteiger partial charge in [-0.15, -0.1) is 0 Å². The fourth-order valence-corrected chi connectivity index (χ4v) is 1.29. The van der Waals surface area contributed by atoms with Crippen molar-refractivity contribution < 1.29 is 19.4 Å². The summed E-state index contributed by atoms with van der Waals surface area (Å²) < 4.78 is 18.1. The Bertz CT molecular complexity index is 341. The highest BCUT2D eigenvalue weighted by atomic mass is 19.1. The van der Waals surface area contributed by atoms with Gasteiger partial charge in [0.05, 0.1) is 7.11 Å². The van der Waals surface area contributed by atoms with Crippen LogP contribution in [0.25, 0.3) is 0 Å². The summed E-state index contributed by atoms with van der Waals surface area (Å²) in [4.78, 5) is 0. The Morgan fingerprint density at radius 3 is 2.71 bits per heavy atom. The third kappa shape index (κ3) is 1.78. The zero-order valence-corrected chi connectivity index (χ0v) is 7.97. The van der Waals surface area contributed by atoms with Crippen molar-refractivity contribution in [2.75, 3.05) is 7.11 Å². The van der Waals surface area contributed by atoms with Crippen LogP contribution in [-0.2, 0) is 6.54 Å². The van der Waals surface area contributed by atoms with Crippen LogP contribution in [0.4, 0.5) is 4.39 Å². The Labute approximate surface area is 80.9 Å². The van der Waals surface area contributed by atoms with Crippen LogP contribution in [-0.4, -0.2) is 17.4 Å². The normalized spacial score (nSPS) is 10.3. The molecule has 0 saturated carbocycles. The van der Waals surface area contributed by atoms with Crippen molar-refractivity contribution in [2.45, 2.75) is 13.5 Å². The summed E-state index contributed by atoms with van der Waals surface area (Å²) in [6, 6.07) is 1.54. The number of aromatic hydroxyl groups is 1. The van der Waals surface area contributed by atoms with Crippen molar-refractivity contribution in [1.82, 2.24) is 5.48 Å². The summed E-state index contributed by atoms with van der Waals surface area (Å²) in [7, 11) is 1.33. The maximum atomic E-state index is 13.4. The Morgan fingerprint density at radius 2 is 2.21 bits per heavy atom. The number of hydrogen-bond acceptors (Lipinski definition) is 4. The van der Waals surface area contributed by atoms with Crippen molar-refractivity contribution in [3.05, 3.63) is 23.0 Å². The molecule has 4 nitrogen and oxygen atoms in total. The van der Waals surface area contributed by atoms with Gasteiger partial charge < -0.3 is 15.1 Å². The van der Waals surface area contributed by atoms with E-state index in [-0.39, 0.29) is 17.9 Å². The predicted molar refractivity (Wildman–Crippen MR) is 48.0 cm³/mol. The standard InChI is InChI=1S/C9H12FNO3/c1-5-3-6(4-11-13)8(12)7(10)9(5)14-2/h3,11-13H,4H2,1-2H3. The molecule has 0 spiro atoms. The lowest BCUT2D eigenvalue weighted by Crippen LogP contribution is -2.07. The van der Waals surface area contributed by atoms with Crippen LogP contribution in [0.2, 0.25) is 0 Å². The van der Waals surface area contributed by atoms with Gasteiger partial charge in [0.1, 0.15) is 0 Å². The van der Waals surface area contributed by atoms with Crippen molar-refractivity contribution in [3.63, 3.8) is 0 Å². The first-order chi connectivity index (χ1) is 6.61. The van der Waals surface area contributed by atoms with Gasteiger partial charge in [0, 0.05) is 12.1 Å². The molecule has 0 heterocycles. The van der Waals surface area contributed by atoms with Gasteiger partial charge in [0.2, 0.25) is 5.82 Å². The predicted octanol–water partition coefficient (Wildman–Crippen LogP) is 1.33.